The van der Waals surface area contributed by atoms with Crippen molar-refractivity contribution in [3.63, 3.8) is 0 Å². The maximum absolute atomic E-state index is 10.1. The van der Waals surface area contributed by atoms with Crippen molar-refractivity contribution in [2.45, 2.75) is 39.7 Å². The van der Waals surface area contributed by atoms with E-state index in [2.05, 4.69) is 45.0 Å². The van der Waals surface area contributed by atoms with Gasteiger partial charge in [0, 0.05) is 0 Å². The van der Waals surface area contributed by atoms with Crippen LogP contribution in [0.3, 0.4) is 0 Å². The molecule has 0 aromatic heterocycles. The topological polar surface area (TPSA) is 46.2 Å². The Morgan fingerprint density at radius 2 is 2.00 bits per heavy atom. The zero-order chi connectivity index (χ0) is 12.8. The SMILES string of the molecule is Cc1cccc(CCC(O)C(CN)C(C)C)c1. The molecule has 1 aromatic carbocycles. The molecule has 1 rings (SSSR count). The fourth-order valence-electron chi connectivity index (χ4n) is 2.27. The molecule has 2 nitrogen and oxygen atoms in total. The monoisotopic (exact) mass is 235 g/mol. The van der Waals surface area contributed by atoms with Gasteiger partial charge >= 0.3 is 0 Å². The maximum atomic E-state index is 10.1. The van der Waals surface area contributed by atoms with Crippen molar-refractivity contribution >= 4 is 0 Å². The van der Waals surface area contributed by atoms with Crippen molar-refractivity contribution in [2.75, 3.05) is 6.54 Å². The van der Waals surface area contributed by atoms with E-state index in [0.717, 1.165) is 12.8 Å². The zero-order valence-corrected chi connectivity index (χ0v) is 11.2. The minimum Gasteiger partial charge on any atom is -0.393 e. The van der Waals surface area contributed by atoms with Crippen molar-refractivity contribution in [2.24, 2.45) is 17.6 Å². The second kappa shape index (κ2) is 6.77. The van der Waals surface area contributed by atoms with Crippen LogP contribution < -0.4 is 5.73 Å². The van der Waals surface area contributed by atoms with Crippen LogP contribution in [0.1, 0.15) is 31.4 Å². The summed E-state index contributed by atoms with van der Waals surface area (Å²) >= 11 is 0. The van der Waals surface area contributed by atoms with Crippen LogP contribution in [0.25, 0.3) is 0 Å². The van der Waals surface area contributed by atoms with E-state index in [1.807, 2.05) is 0 Å². The van der Waals surface area contributed by atoms with Gasteiger partial charge in [0.25, 0.3) is 0 Å². The lowest BCUT2D eigenvalue weighted by Gasteiger charge is -2.24. The van der Waals surface area contributed by atoms with E-state index in [9.17, 15) is 5.11 Å². The molecule has 0 aliphatic carbocycles. The molecule has 96 valence electrons. The third kappa shape index (κ3) is 4.49. The first-order valence-corrected chi connectivity index (χ1v) is 6.48. The summed E-state index contributed by atoms with van der Waals surface area (Å²) < 4.78 is 0. The molecule has 2 atom stereocenters. The molecule has 0 bridgehead atoms. The van der Waals surface area contributed by atoms with Gasteiger partial charge in [-0.1, -0.05) is 43.7 Å². The van der Waals surface area contributed by atoms with Crippen molar-refractivity contribution in [1.82, 2.24) is 0 Å². The third-order valence-electron chi connectivity index (χ3n) is 3.43. The smallest absolute Gasteiger partial charge is 0.0586 e. The van der Waals surface area contributed by atoms with Gasteiger partial charge in [-0.3, -0.25) is 0 Å². The molecule has 0 radical (unpaired) electrons. The van der Waals surface area contributed by atoms with Gasteiger partial charge < -0.3 is 10.8 Å². The first-order chi connectivity index (χ1) is 8.04. The van der Waals surface area contributed by atoms with E-state index in [1.54, 1.807) is 0 Å². The number of benzene rings is 1. The average molecular weight is 235 g/mol. The Balaban J connectivity index is 2.50. The van der Waals surface area contributed by atoms with Crippen LogP contribution in [-0.4, -0.2) is 17.8 Å². The van der Waals surface area contributed by atoms with E-state index in [0.29, 0.717) is 12.5 Å². The number of aliphatic hydroxyl groups is 1. The van der Waals surface area contributed by atoms with E-state index >= 15 is 0 Å². The lowest BCUT2D eigenvalue weighted by Crippen LogP contribution is -2.32. The fourth-order valence-corrected chi connectivity index (χ4v) is 2.27. The first-order valence-electron chi connectivity index (χ1n) is 6.48. The van der Waals surface area contributed by atoms with Gasteiger partial charge in [-0.2, -0.15) is 0 Å². The highest BCUT2D eigenvalue weighted by Gasteiger charge is 2.20. The summed E-state index contributed by atoms with van der Waals surface area (Å²) in [6.07, 6.45) is 1.43. The summed E-state index contributed by atoms with van der Waals surface area (Å²) in [6, 6.07) is 8.46. The highest BCUT2D eigenvalue weighted by molar-refractivity contribution is 5.22. The van der Waals surface area contributed by atoms with Gasteiger partial charge in [0.15, 0.2) is 0 Å². The molecule has 0 aliphatic heterocycles. The van der Waals surface area contributed by atoms with Crippen molar-refractivity contribution < 1.29 is 5.11 Å². The molecule has 2 unspecified atom stereocenters. The Kier molecular flexibility index (Phi) is 5.66. The summed E-state index contributed by atoms with van der Waals surface area (Å²) in [4.78, 5) is 0. The quantitative estimate of drug-likeness (QED) is 0.796. The minimum atomic E-state index is -0.291. The number of aliphatic hydroxyl groups excluding tert-OH is 1. The molecule has 0 saturated carbocycles. The standard InChI is InChI=1S/C15H25NO/c1-11(2)14(10-16)15(17)8-7-13-6-4-5-12(3)9-13/h4-6,9,11,14-15,17H,7-8,10,16H2,1-3H3. The molecule has 17 heavy (non-hydrogen) atoms. The van der Waals surface area contributed by atoms with Crippen LogP contribution in [-0.2, 0) is 6.42 Å². The maximum Gasteiger partial charge on any atom is 0.0586 e. The zero-order valence-electron chi connectivity index (χ0n) is 11.2. The molecular formula is C15H25NO. The summed E-state index contributed by atoms with van der Waals surface area (Å²) in [6.45, 7) is 6.89. The Bertz CT molecular complexity index is 335. The molecule has 0 aliphatic rings. The second-order valence-electron chi connectivity index (χ2n) is 5.24. The molecule has 0 spiro atoms. The van der Waals surface area contributed by atoms with E-state index in [4.69, 9.17) is 5.73 Å². The second-order valence-corrected chi connectivity index (χ2v) is 5.24. The molecular weight excluding hydrogens is 210 g/mol. The van der Waals surface area contributed by atoms with Crippen molar-refractivity contribution in [1.29, 1.82) is 0 Å². The molecule has 2 heteroatoms. The first kappa shape index (κ1) is 14.2. The highest BCUT2D eigenvalue weighted by atomic mass is 16.3. The Labute approximate surface area is 105 Å². The molecule has 0 amide bonds. The van der Waals surface area contributed by atoms with Crippen molar-refractivity contribution in [3.8, 4) is 0 Å². The van der Waals surface area contributed by atoms with Crippen LogP contribution in [0.5, 0.6) is 0 Å². The number of aryl methyl sites for hydroxylation is 2. The van der Waals surface area contributed by atoms with E-state index < -0.39 is 0 Å². The number of hydrogen-bond acceptors (Lipinski definition) is 2. The summed E-state index contributed by atoms with van der Waals surface area (Å²) in [5, 5.41) is 10.1. The molecule has 0 heterocycles. The van der Waals surface area contributed by atoms with Gasteiger partial charge in [0.1, 0.15) is 0 Å². The predicted octanol–water partition coefficient (Wildman–Crippen LogP) is 2.52. The Hall–Kier alpha value is -0.860. The van der Waals surface area contributed by atoms with E-state index in [1.165, 1.54) is 11.1 Å². The van der Waals surface area contributed by atoms with Gasteiger partial charge in [0.2, 0.25) is 0 Å². The summed E-state index contributed by atoms with van der Waals surface area (Å²) in [7, 11) is 0. The van der Waals surface area contributed by atoms with Gasteiger partial charge in [0.05, 0.1) is 6.10 Å². The number of hydrogen-bond donors (Lipinski definition) is 2. The molecule has 0 fully saturated rings. The van der Waals surface area contributed by atoms with Crippen LogP contribution in [0.2, 0.25) is 0 Å². The predicted molar refractivity (Wildman–Crippen MR) is 72.9 cm³/mol. The largest absolute Gasteiger partial charge is 0.393 e. The molecule has 3 N–H and O–H groups in total. The average Bonchev–Trinajstić information content (AvgIpc) is 2.27. The van der Waals surface area contributed by atoms with Gasteiger partial charge in [-0.25, -0.2) is 0 Å². The molecule has 0 saturated heterocycles. The van der Waals surface area contributed by atoms with Gasteiger partial charge in [-0.05, 0) is 43.7 Å². The van der Waals surface area contributed by atoms with Crippen LogP contribution in [0.15, 0.2) is 24.3 Å². The van der Waals surface area contributed by atoms with Gasteiger partial charge in [-0.15, -0.1) is 0 Å². The Morgan fingerprint density at radius 1 is 1.29 bits per heavy atom. The van der Waals surface area contributed by atoms with E-state index in [-0.39, 0.29) is 12.0 Å². The Morgan fingerprint density at radius 3 is 2.53 bits per heavy atom. The summed E-state index contributed by atoms with van der Waals surface area (Å²) in [5.41, 5.74) is 8.28. The van der Waals surface area contributed by atoms with Crippen LogP contribution >= 0.6 is 0 Å². The molecule has 1 aromatic rings. The number of nitrogens with two attached hydrogens (primary N) is 1. The normalized spacial score (nSPS) is 14.9. The van der Waals surface area contributed by atoms with Crippen molar-refractivity contribution in [3.05, 3.63) is 35.4 Å². The van der Waals surface area contributed by atoms with Crippen LogP contribution in [0.4, 0.5) is 0 Å². The lowest BCUT2D eigenvalue weighted by atomic mass is 9.87. The van der Waals surface area contributed by atoms with Crippen LogP contribution in [0, 0.1) is 18.8 Å². The number of rotatable bonds is 6. The lowest BCUT2D eigenvalue weighted by molar-refractivity contribution is 0.0786. The third-order valence-corrected chi connectivity index (χ3v) is 3.43. The minimum absolute atomic E-state index is 0.208. The fraction of sp³-hybridized carbons (Fsp3) is 0.600. The summed E-state index contributed by atoms with van der Waals surface area (Å²) in [5.74, 6) is 0.646. The highest BCUT2D eigenvalue weighted by Crippen LogP contribution is 2.18.